The molecule has 0 aliphatic rings. The van der Waals surface area contributed by atoms with Crippen molar-refractivity contribution in [2.45, 2.75) is 10.1 Å². The smallest absolute Gasteiger partial charge is 0.321 e. The minimum Gasteiger partial charge on any atom is -0.480 e. The van der Waals surface area contributed by atoms with Crippen LogP contribution in [0.15, 0.2) is 53.4 Å². The first-order chi connectivity index (χ1) is 9.08. The van der Waals surface area contributed by atoms with Gasteiger partial charge in [0.2, 0.25) is 0 Å². The summed E-state index contributed by atoms with van der Waals surface area (Å²) in [6, 6.07) is 13.0. The minimum atomic E-state index is -1.01. The second kappa shape index (κ2) is 5.75. The Morgan fingerprint density at radius 2 is 1.89 bits per heavy atom. The van der Waals surface area contributed by atoms with E-state index in [1.807, 2.05) is 0 Å². The number of carboxylic acid groups (broad SMARTS) is 1. The van der Waals surface area contributed by atoms with Gasteiger partial charge in [-0.15, -0.1) is 11.8 Å². The Labute approximate surface area is 114 Å². The molecule has 2 aromatic carbocycles. The van der Waals surface area contributed by atoms with Gasteiger partial charge in [0.1, 0.15) is 11.1 Å². The molecule has 0 saturated heterocycles. The zero-order chi connectivity index (χ0) is 13.8. The highest BCUT2D eigenvalue weighted by Gasteiger charge is 2.22. The van der Waals surface area contributed by atoms with Crippen molar-refractivity contribution in [3.05, 3.63) is 59.9 Å². The highest BCUT2D eigenvalue weighted by Crippen LogP contribution is 2.37. The summed E-state index contributed by atoms with van der Waals surface area (Å²) in [5.74, 6) is -1.51. The molecule has 1 atom stereocenters. The number of carbonyl (C=O) groups is 1. The maximum atomic E-state index is 13.7. The number of anilines is 1. The number of thioether (sulfide) groups is 1. The maximum Gasteiger partial charge on any atom is 0.321 e. The van der Waals surface area contributed by atoms with E-state index < -0.39 is 17.0 Å². The van der Waals surface area contributed by atoms with E-state index in [1.54, 1.807) is 36.4 Å². The van der Waals surface area contributed by atoms with E-state index >= 15 is 0 Å². The summed E-state index contributed by atoms with van der Waals surface area (Å²) >= 11 is 0.955. The van der Waals surface area contributed by atoms with Crippen molar-refractivity contribution in [2.75, 3.05) is 5.73 Å². The van der Waals surface area contributed by atoms with Crippen LogP contribution in [0.2, 0.25) is 0 Å². The lowest BCUT2D eigenvalue weighted by Gasteiger charge is -2.13. The number of nitrogens with two attached hydrogens (primary N) is 1. The first kappa shape index (κ1) is 13.4. The second-order valence-electron chi connectivity index (χ2n) is 3.94. The van der Waals surface area contributed by atoms with Crippen LogP contribution in [-0.2, 0) is 4.79 Å². The molecule has 0 spiro atoms. The van der Waals surface area contributed by atoms with Crippen molar-refractivity contribution in [2.24, 2.45) is 0 Å². The fraction of sp³-hybridized carbons (Fsp3) is 0.0714. The first-order valence-corrected chi connectivity index (χ1v) is 6.45. The first-order valence-electron chi connectivity index (χ1n) is 5.57. The third-order valence-electron chi connectivity index (χ3n) is 2.53. The van der Waals surface area contributed by atoms with Crippen LogP contribution in [0.25, 0.3) is 0 Å². The fourth-order valence-corrected chi connectivity index (χ4v) is 2.59. The van der Waals surface area contributed by atoms with Gasteiger partial charge in [0.25, 0.3) is 0 Å². The largest absolute Gasteiger partial charge is 0.480 e. The average molecular weight is 277 g/mol. The van der Waals surface area contributed by atoms with Gasteiger partial charge in [0.05, 0.1) is 0 Å². The van der Waals surface area contributed by atoms with Crippen molar-refractivity contribution < 1.29 is 14.3 Å². The summed E-state index contributed by atoms with van der Waals surface area (Å²) in [6.07, 6.45) is 0. The van der Waals surface area contributed by atoms with E-state index in [0.717, 1.165) is 11.8 Å². The van der Waals surface area contributed by atoms with Crippen LogP contribution < -0.4 is 5.73 Å². The maximum absolute atomic E-state index is 13.7. The van der Waals surface area contributed by atoms with E-state index in [1.165, 1.54) is 12.1 Å². The molecule has 0 aliphatic carbocycles. The minimum absolute atomic E-state index is 0.269. The number of halogens is 1. The van der Waals surface area contributed by atoms with Crippen molar-refractivity contribution in [3.8, 4) is 0 Å². The molecule has 0 saturated carbocycles. The molecule has 5 heteroatoms. The monoisotopic (exact) mass is 277 g/mol. The molecule has 98 valence electrons. The molecule has 2 aromatic rings. The van der Waals surface area contributed by atoms with Gasteiger partial charge in [-0.1, -0.05) is 30.3 Å². The number of carboxylic acids is 1. The van der Waals surface area contributed by atoms with E-state index in [4.69, 9.17) is 5.73 Å². The van der Waals surface area contributed by atoms with E-state index in [0.29, 0.717) is 11.3 Å². The van der Waals surface area contributed by atoms with Gasteiger partial charge in [-0.05, 0) is 23.8 Å². The van der Waals surface area contributed by atoms with Crippen LogP contribution in [0.5, 0.6) is 0 Å². The molecule has 3 N–H and O–H groups in total. The highest BCUT2D eigenvalue weighted by molar-refractivity contribution is 8.00. The van der Waals surface area contributed by atoms with Crippen molar-refractivity contribution in [1.29, 1.82) is 0 Å². The number of hydrogen-bond donors (Lipinski definition) is 2. The topological polar surface area (TPSA) is 63.3 Å². The summed E-state index contributed by atoms with van der Waals surface area (Å²) in [5.41, 5.74) is 6.40. The number of aliphatic carboxylic acids is 1. The Kier molecular flexibility index (Phi) is 4.06. The zero-order valence-electron chi connectivity index (χ0n) is 9.92. The predicted molar refractivity (Wildman–Crippen MR) is 73.5 cm³/mol. The van der Waals surface area contributed by atoms with Gasteiger partial charge in [-0.25, -0.2) is 4.39 Å². The Morgan fingerprint density at radius 3 is 2.47 bits per heavy atom. The highest BCUT2D eigenvalue weighted by atomic mass is 32.2. The average Bonchev–Trinajstić information content (AvgIpc) is 2.38. The summed E-state index contributed by atoms with van der Waals surface area (Å²) in [4.78, 5) is 11.6. The summed E-state index contributed by atoms with van der Waals surface area (Å²) in [5, 5.41) is 8.42. The molecule has 0 radical (unpaired) electrons. The van der Waals surface area contributed by atoms with Crippen molar-refractivity contribution in [3.63, 3.8) is 0 Å². The fourth-order valence-electron chi connectivity index (χ4n) is 1.63. The normalized spacial score (nSPS) is 12.1. The zero-order valence-corrected chi connectivity index (χ0v) is 10.7. The van der Waals surface area contributed by atoms with Crippen molar-refractivity contribution >= 4 is 23.4 Å². The number of nitrogen functional groups attached to an aromatic ring is 1. The lowest BCUT2D eigenvalue weighted by molar-refractivity contribution is -0.136. The van der Waals surface area contributed by atoms with Gasteiger partial charge < -0.3 is 10.8 Å². The molecule has 0 aromatic heterocycles. The second-order valence-corrected chi connectivity index (χ2v) is 5.08. The summed E-state index contributed by atoms with van der Waals surface area (Å²) in [6.45, 7) is 0. The van der Waals surface area contributed by atoms with Crippen LogP contribution in [0.1, 0.15) is 10.8 Å². The van der Waals surface area contributed by atoms with E-state index in [2.05, 4.69) is 0 Å². The molecule has 0 heterocycles. The molecule has 0 bridgehead atoms. The number of hydrogen-bond acceptors (Lipinski definition) is 3. The Bertz CT molecular complexity index is 589. The van der Waals surface area contributed by atoms with Crippen LogP contribution >= 0.6 is 11.8 Å². The molecule has 3 nitrogen and oxygen atoms in total. The van der Waals surface area contributed by atoms with Crippen molar-refractivity contribution in [1.82, 2.24) is 0 Å². The number of rotatable bonds is 4. The third kappa shape index (κ3) is 3.26. The van der Waals surface area contributed by atoms with Crippen LogP contribution in [0.3, 0.4) is 0 Å². The Balaban J connectivity index is 2.29. The van der Waals surface area contributed by atoms with E-state index in [-0.39, 0.29) is 4.90 Å². The molecular weight excluding hydrogens is 265 g/mol. The molecule has 0 fully saturated rings. The Morgan fingerprint density at radius 1 is 1.21 bits per heavy atom. The lowest BCUT2D eigenvalue weighted by Crippen LogP contribution is -2.08. The van der Waals surface area contributed by atoms with Gasteiger partial charge in [0.15, 0.2) is 0 Å². The molecule has 2 rings (SSSR count). The third-order valence-corrected chi connectivity index (χ3v) is 3.82. The lowest BCUT2D eigenvalue weighted by atomic mass is 10.1. The van der Waals surface area contributed by atoms with Crippen LogP contribution in [0, 0.1) is 5.82 Å². The predicted octanol–water partition coefficient (Wildman–Crippen LogP) is 3.33. The molecule has 19 heavy (non-hydrogen) atoms. The quantitative estimate of drug-likeness (QED) is 0.664. The van der Waals surface area contributed by atoms with Gasteiger partial charge in [-0.3, -0.25) is 4.79 Å². The number of benzene rings is 2. The van der Waals surface area contributed by atoms with E-state index in [9.17, 15) is 14.3 Å². The summed E-state index contributed by atoms with van der Waals surface area (Å²) < 4.78 is 13.7. The van der Waals surface area contributed by atoms with Gasteiger partial charge in [0, 0.05) is 10.6 Å². The van der Waals surface area contributed by atoms with Crippen LogP contribution in [-0.4, -0.2) is 11.1 Å². The summed E-state index contributed by atoms with van der Waals surface area (Å²) in [7, 11) is 0. The Hall–Kier alpha value is -2.01. The van der Waals surface area contributed by atoms with Gasteiger partial charge >= 0.3 is 5.97 Å². The molecular formula is C14H12FNO2S. The molecule has 0 aliphatic heterocycles. The van der Waals surface area contributed by atoms with Crippen LogP contribution in [0.4, 0.5) is 10.1 Å². The SMILES string of the molecule is Nc1ccc(SC(C(=O)O)c2ccccc2)c(F)c1. The molecule has 1 unspecified atom stereocenters. The standard InChI is InChI=1S/C14H12FNO2S/c15-11-8-10(16)6-7-12(11)19-13(14(17)18)9-4-2-1-3-5-9/h1-8,13H,16H2,(H,17,18). The molecule has 0 amide bonds. The van der Waals surface area contributed by atoms with Gasteiger partial charge in [-0.2, -0.15) is 0 Å².